The van der Waals surface area contributed by atoms with E-state index in [2.05, 4.69) is 0 Å². The van der Waals surface area contributed by atoms with Crippen LogP contribution in [0.25, 0.3) is 0 Å². The Kier molecular flexibility index (Phi) is 5.13. The van der Waals surface area contributed by atoms with Gasteiger partial charge < -0.3 is 14.4 Å². The highest BCUT2D eigenvalue weighted by Gasteiger charge is 2.26. The monoisotopic (exact) mass is 318 g/mol. The van der Waals surface area contributed by atoms with Crippen molar-refractivity contribution in [3.63, 3.8) is 0 Å². The van der Waals surface area contributed by atoms with Crippen LogP contribution < -0.4 is 0 Å². The lowest BCUT2D eigenvalue weighted by atomic mass is 10.2. The summed E-state index contributed by atoms with van der Waals surface area (Å²) in [7, 11) is 0.390. The lowest BCUT2D eigenvalue weighted by molar-refractivity contribution is -0.137. The first-order valence-electron chi connectivity index (χ1n) is 6.07. The number of furan rings is 1. The first-order chi connectivity index (χ1) is 9.57. The third kappa shape index (κ3) is 3.82. The highest BCUT2D eigenvalue weighted by atomic mass is 32.2. The number of sulfonamides is 1. The maximum atomic E-state index is 12.2. The zero-order chi connectivity index (χ0) is 16.4. The van der Waals surface area contributed by atoms with Crippen LogP contribution >= 0.6 is 0 Å². The Morgan fingerprint density at radius 3 is 2.33 bits per heavy atom. The first-order valence-corrected chi connectivity index (χ1v) is 7.51. The number of rotatable bonds is 6. The minimum atomic E-state index is -3.76. The maximum absolute atomic E-state index is 12.2. The average molecular weight is 318 g/mol. The molecule has 0 aliphatic rings. The molecule has 9 heteroatoms. The molecule has 0 aromatic carbocycles. The molecule has 1 aromatic heterocycles. The van der Waals surface area contributed by atoms with Crippen molar-refractivity contribution < 1.29 is 27.5 Å². The number of carbonyl (C=O) groups excluding carboxylic acids is 1. The summed E-state index contributed by atoms with van der Waals surface area (Å²) in [5, 5.41) is 8.28. The Balaban J connectivity index is 3.03. The first kappa shape index (κ1) is 17.2. The number of carboxylic acid groups (broad SMARTS) is 1. The second-order valence-corrected chi connectivity index (χ2v) is 6.78. The molecule has 0 unspecified atom stereocenters. The Morgan fingerprint density at radius 2 is 1.86 bits per heavy atom. The van der Waals surface area contributed by atoms with Crippen LogP contribution in [0.3, 0.4) is 0 Å². The molecule has 0 spiro atoms. The van der Waals surface area contributed by atoms with E-state index in [1.807, 2.05) is 0 Å². The fourth-order valence-electron chi connectivity index (χ4n) is 1.54. The third-order valence-corrected chi connectivity index (χ3v) is 4.54. The van der Waals surface area contributed by atoms with E-state index in [-0.39, 0.29) is 29.4 Å². The van der Waals surface area contributed by atoms with Gasteiger partial charge in [0.1, 0.15) is 5.76 Å². The molecule has 1 amide bonds. The molecule has 0 radical (unpaired) electrons. The molecule has 118 valence electrons. The van der Waals surface area contributed by atoms with Crippen LogP contribution in [-0.4, -0.2) is 62.3 Å². The number of carbonyl (C=O) groups is 2. The van der Waals surface area contributed by atoms with Crippen molar-refractivity contribution in [1.29, 1.82) is 0 Å². The van der Waals surface area contributed by atoms with Crippen LogP contribution in [0, 0.1) is 6.92 Å². The molecule has 1 heterocycles. The van der Waals surface area contributed by atoms with Gasteiger partial charge in [0.2, 0.25) is 5.09 Å². The molecule has 21 heavy (non-hydrogen) atoms. The van der Waals surface area contributed by atoms with E-state index in [1.54, 1.807) is 0 Å². The van der Waals surface area contributed by atoms with Crippen molar-refractivity contribution in [2.45, 2.75) is 18.4 Å². The molecule has 0 fully saturated rings. The molecule has 0 saturated carbocycles. The van der Waals surface area contributed by atoms with Crippen LogP contribution in [0.1, 0.15) is 22.5 Å². The maximum Gasteiger partial charge on any atom is 0.305 e. The van der Waals surface area contributed by atoms with Crippen LogP contribution in [-0.2, 0) is 14.8 Å². The summed E-state index contributed by atoms with van der Waals surface area (Å²) in [6.07, 6.45) is -0.192. The summed E-state index contributed by atoms with van der Waals surface area (Å²) in [4.78, 5) is 23.9. The van der Waals surface area contributed by atoms with Gasteiger partial charge in [-0.15, -0.1) is 0 Å². The molecule has 1 aromatic rings. The van der Waals surface area contributed by atoms with Gasteiger partial charge >= 0.3 is 5.97 Å². The van der Waals surface area contributed by atoms with Gasteiger partial charge in [0.15, 0.2) is 0 Å². The predicted molar refractivity (Wildman–Crippen MR) is 73.5 cm³/mol. The summed E-state index contributed by atoms with van der Waals surface area (Å²) in [6.45, 7) is 1.50. The zero-order valence-electron chi connectivity index (χ0n) is 12.3. The van der Waals surface area contributed by atoms with Gasteiger partial charge in [-0.05, 0) is 6.92 Å². The Bertz CT molecular complexity index is 647. The fraction of sp³-hybridized carbons (Fsp3) is 0.500. The quantitative estimate of drug-likeness (QED) is 0.812. The molecule has 1 rings (SSSR count). The standard InChI is InChI=1S/C12H18N2O6S/c1-8-9(12(17)14(4)6-5-10(15)16)7-11(20-8)21(18,19)13(2)3/h7H,5-6H2,1-4H3,(H,15,16). The highest BCUT2D eigenvalue weighted by Crippen LogP contribution is 2.22. The molecule has 8 nitrogen and oxygen atoms in total. The van der Waals surface area contributed by atoms with E-state index >= 15 is 0 Å². The number of nitrogens with zero attached hydrogens (tertiary/aromatic N) is 2. The molecule has 0 saturated heterocycles. The average Bonchev–Trinajstić information content (AvgIpc) is 2.77. The molecular weight excluding hydrogens is 300 g/mol. The van der Waals surface area contributed by atoms with E-state index < -0.39 is 21.9 Å². The molecule has 0 aliphatic heterocycles. The molecular formula is C12H18N2O6S. The van der Waals surface area contributed by atoms with Crippen molar-refractivity contribution in [2.24, 2.45) is 0 Å². The summed E-state index contributed by atoms with van der Waals surface area (Å²) < 4.78 is 30.0. The van der Waals surface area contributed by atoms with Crippen molar-refractivity contribution in [3.05, 3.63) is 17.4 Å². The SMILES string of the molecule is Cc1oc(S(=O)(=O)N(C)C)cc1C(=O)N(C)CCC(=O)O. The van der Waals surface area contributed by atoms with Crippen molar-refractivity contribution >= 4 is 21.9 Å². The van der Waals surface area contributed by atoms with Crippen LogP contribution in [0.4, 0.5) is 0 Å². The van der Waals surface area contributed by atoms with Crippen molar-refractivity contribution in [1.82, 2.24) is 9.21 Å². The topological polar surface area (TPSA) is 108 Å². The Hall–Kier alpha value is -1.87. The fourth-order valence-corrected chi connectivity index (χ4v) is 2.40. The normalized spacial score (nSPS) is 11.7. The number of hydrogen-bond acceptors (Lipinski definition) is 5. The van der Waals surface area contributed by atoms with Crippen LogP contribution in [0.5, 0.6) is 0 Å². The summed E-state index contributed by atoms with van der Waals surface area (Å²) in [6, 6.07) is 1.16. The van der Waals surface area contributed by atoms with E-state index in [0.717, 1.165) is 10.4 Å². The largest absolute Gasteiger partial charge is 0.481 e. The number of amides is 1. The zero-order valence-corrected chi connectivity index (χ0v) is 13.1. The molecule has 0 aliphatic carbocycles. The molecule has 0 bridgehead atoms. The van der Waals surface area contributed by atoms with Gasteiger partial charge in [-0.2, -0.15) is 0 Å². The Labute approximate surface area is 123 Å². The second kappa shape index (κ2) is 6.27. The summed E-state index contributed by atoms with van der Waals surface area (Å²) >= 11 is 0. The van der Waals surface area contributed by atoms with Gasteiger partial charge in [0.05, 0.1) is 12.0 Å². The lowest BCUT2D eigenvalue weighted by Crippen LogP contribution is -2.29. The van der Waals surface area contributed by atoms with Crippen molar-refractivity contribution in [2.75, 3.05) is 27.7 Å². The van der Waals surface area contributed by atoms with Crippen molar-refractivity contribution in [3.8, 4) is 0 Å². The van der Waals surface area contributed by atoms with E-state index in [0.29, 0.717) is 0 Å². The smallest absolute Gasteiger partial charge is 0.305 e. The number of carboxylic acids is 1. The van der Waals surface area contributed by atoms with Gasteiger partial charge in [0.25, 0.3) is 15.9 Å². The number of aryl methyl sites for hydroxylation is 1. The van der Waals surface area contributed by atoms with Gasteiger partial charge in [-0.1, -0.05) is 0 Å². The highest BCUT2D eigenvalue weighted by molar-refractivity contribution is 7.88. The Morgan fingerprint density at radius 1 is 1.29 bits per heavy atom. The molecule has 1 N–H and O–H groups in total. The minimum Gasteiger partial charge on any atom is -0.481 e. The summed E-state index contributed by atoms with van der Waals surface area (Å²) in [5.74, 6) is -1.34. The van der Waals surface area contributed by atoms with Gasteiger partial charge in [0, 0.05) is 33.8 Å². The number of aliphatic carboxylic acids is 1. The van der Waals surface area contributed by atoms with Crippen LogP contribution in [0.15, 0.2) is 15.6 Å². The van der Waals surface area contributed by atoms with Gasteiger partial charge in [-0.25, -0.2) is 12.7 Å². The summed E-state index contributed by atoms with van der Waals surface area (Å²) in [5.41, 5.74) is 0.100. The number of hydrogen-bond donors (Lipinski definition) is 1. The van der Waals surface area contributed by atoms with Crippen LogP contribution in [0.2, 0.25) is 0 Å². The minimum absolute atomic E-state index is 0.0224. The van der Waals surface area contributed by atoms with E-state index in [4.69, 9.17) is 9.52 Å². The second-order valence-electron chi connectivity index (χ2n) is 4.69. The van der Waals surface area contributed by atoms with E-state index in [1.165, 1.54) is 33.0 Å². The van der Waals surface area contributed by atoms with Gasteiger partial charge in [-0.3, -0.25) is 9.59 Å². The predicted octanol–water partition coefficient (Wildman–Crippen LogP) is 0.385. The van der Waals surface area contributed by atoms with E-state index in [9.17, 15) is 18.0 Å². The third-order valence-electron chi connectivity index (χ3n) is 2.87. The lowest BCUT2D eigenvalue weighted by Gasteiger charge is -2.15. The molecule has 0 atom stereocenters.